The standard InChI is InChI=1S/C15H29NO2/c1-6-13(4)9-15(7-8-17-13)11-16-10-14(5,18-15)12(2)3/h12,16H,6-11H2,1-5H3. The Kier molecular flexibility index (Phi) is 3.79. The van der Waals surface area contributed by atoms with Crippen molar-refractivity contribution in [3.63, 3.8) is 0 Å². The van der Waals surface area contributed by atoms with Crippen molar-refractivity contribution in [2.75, 3.05) is 19.7 Å². The first kappa shape index (κ1) is 14.3. The lowest BCUT2D eigenvalue weighted by Gasteiger charge is -2.54. The molecule has 0 aliphatic carbocycles. The van der Waals surface area contributed by atoms with Gasteiger partial charge in [0.1, 0.15) is 0 Å². The molecule has 2 aliphatic rings. The Morgan fingerprint density at radius 1 is 1.22 bits per heavy atom. The molecule has 0 saturated carbocycles. The normalized spacial score (nSPS) is 45.7. The number of hydrogen-bond acceptors (Lipinski definition) is 3. The zero-order valence-corrected chi connectivity index (χ0v) is 12.6. The van der Waals surface area contributed by atoms with Crippen LogP contribution < -0.4 is 5.32 Å². The highest BCUT2D eigenvalue weighted by molar-refractivity contribution is 5.01. The lowest BCUT2D eigenvalue weighted by molar-refractivity contribution is -0.244. The molecule has 18 heavy (non-hydrogen) atoms. The maximum absolute atomic E-state index is 6.62. The molecule has 2 rings (SSSR count). The van der Waals surface area contributed by atoms with Gasteiger partial charge in [0.2, 0.25) is 0 Å². The molecule has 0 aromatic heterocycles. The third-order valence-electron chi connectivity index (χ3n) is 5.05. The van der Waals surface area contributed by atoms with E-state index in [1.807, 2.05) is 0 Å². The van der Waals surface area contributed by atoms with E-state index in [-0.39, 0.29) is 16.8 Å². The Balaban J connectivity index is 2.16. The SMILES string of the molecule is CCC1(C)CC2(CCO1)CNCC(C)(C(C)C)O2. The average molecular weight is 255 g/mol. The van der Waals surface area contributed by atoms with Crippen LogP contribution in [0.3, 0.4) is 0 Å². The van der Waals surface area contributed by atoms with Gasteiger partial charge >= 0.3 is 0 Å². The van der Waals surface area contributed by atoms with E-state index in [0.717, 1.165) is 39.0 Å². The lowest BCUT2D eigenvalue weighted by Crippen LogP contribution is -2.64. The van der Waals surface area contributed by atoms with E-state index in [1.165, 1.54) is 0 Å². The Morgan fingerprint density at radius 3 is 2.56 bits per heavy atom. The summed E-state index contributed by atoms with van der Waals surface area (Å²) in [6.07, 6.45) is 3.07. The molecule has 0 amide bonds. The van der Waals surface area contributed by atoms with E-state index >= 15 is 0 Å². The predicted octanol–water partition coefficient (Wildman–Crippen LogP) is 2.74. The monoisotopic (exact) mass is 255 g/mol. The van der Waals surface area contributed by atoms with Gasteiger partial charge in [-0.1, -0.05) is 20.8 Å². The lowest BCUT2D eigenvalue weighted by atomic mass is 9.78. The van der Waals surface area contributed by atoms with Crippen LogP contribution in [0.15, 0.2) is 0 Å². The minimum Gasteiger partial charge on any atom is -0.375 e. The molecule has 106 valence electrons. The molecular formula is C15H29NO2. The van der Waals surface area contributed by atoms with Crippen molar-refractivity contribution >= 4 is 0 Å². The Hall–Kier alpha value is -0.120. The fraction of sp³-hybridized carbons (Fsp3) is 1.00. The van der Waals surface area contributed by atoms with E-state index < -0.39 is 0 Å². The zero-order valence-electron chi connectivity index (χ0n) is 12.6. The molecule has 2 aliphatic heterocycles. The fourth-order valence-corrected chi connectivity index (χ4v) is 3.20. The van der Waals surface area contributed by atoms with E-state index in [2.05, 4.69) is 39.9 Å². The first-order valence-corrected chi connectivity index (χ1v) is 7.38. The van der Waals surface area contributed by atoms with Gasteiger partial charge in [-0.3, -0.25) is 0 Å². The molecule has 0 bridgehead atoms. The van der Waals surface area contributed by atoms with E-state index in [1.54, 1.807) is 0 Å². The van der Waals surface area contributed by atoms with E-state index in [0.29, 0.717) is 5.92 Å². The maximum atomic E-state index is 6.62. The third kappa shape index (κ3) is 2.59. The van der Waals surface area contributed by atoms with Crippen molar-refractivity contribution in [3.8, 4) is 0 Å². The number of rotatable bonds is 2. The van der Waals surface area contributed by atoms with Crippen molar-refractivity contribution in [2.24, 2.45) is 5.92 Å². The van der Waals surface area contributed by atoms with Crippen molar-refractivity contribution in [2.45, 2.75) is 70.7 Å². The van der Waals surface area contributed by atoms with Crippen LogP contribution in [0.2, 0.25) is 0 Å². The molecule has 3 atom stereocenters. The van der Waals surface area contributed by atoms with Gasteiger partial charge in [-0.25, -0.2) is 0 Å². The van der Waals surface area contributed by atoms with Gasteiger partial charge in [0.25, 0.3) is 0 Å². The molecule has 0 radical (unpaired) electrons. The number of ether oxygens (including phenoxy) is 2. The number of hydrogen-bond donors (Lipinski definition) is 1. The summed E-state index contributed by atoms with van der Waals surface area (Å²) in [7, 11) is 0. The molecule has 2 saturated heterocycles. The van der Waals surface area contributed by atoms with Crippen LogP contribution in [0.25, 0.3) is 0 Å². The second-order valence-corrected chi connectivity index (χ2v) is 6.93. The zero-order chi connectivity index (χ0) is 13.4. The average Bonchev–Trinajstić information content (AvgIpc) is 2.28. The van der Waals surface area contributed by atoms with Crippen LogP contribution in [-0.4, -0.2) is 36.5 Å². The summed E-state index contributed by atoms with van der Waals surface area (Å²) in [6, 6.07) is 0. The van der Waals surface area contributed by atoms with Crippen molar-refractivity contribution in [1.29, 1.82) is 0 Å². The number of nitrogens with one attached hydrogen (secondary N) is 1. The van der Waals surface area contributed by atoms with E-state index in [9.17, 15) is 0 Å². The Morgan fingerprint density at radius 2 is 1.94 bits per heavy atom. The summed E-state index contributed by atoms with van der Waals surface area (Å²) in [5, 5.41) is 3.60. The maximum Gasteiger partial charge on any atom is 0.0863 e. The van der Waals surface area contributed by atoms with Crippen molar-refractivity contribution in [3.05, 3.63) is 0 Å². The van der Waals surface area contributed by atoms with Gasteiger partial charge in [-0.2, -0.15) is 0 Å². The van der Waals surface area contributed by atoms with Crippen molar-refractivity contribution < 1.29 is 9.47 Å². The summed E-state index contributed by atoms with van der Waals surface area (Å²) < 4.78 is 12.6. The first-order chi connectivity index (χ1) is 8.33. The second-order valence-electron chi connectivity index (χ2n) is 6.93. The first-order valence-electron chi connectivity index (χ1n) is 7.38. The largest absolute Gasteiger partial charge is 0.375 e. The van der Waals surface area contributed by atoms with Gasteiger partial charge in [-0.15, -0.1) is 0 Å². The minimum atomic E-state index is -0.0513. The predicted molar refractivity (Wildman–Crippen MR) is 73.8 cm³/mol. The van der Waals surface area contributed by atoms with Crippen LogP contribution in [0.5, 0.6) is 0 Å². The van der Waals surface area contributed by atoms with Gasteiger partial charge in [0, 0.05) is 25.9 Å². The molecular weight excluding hydrogens is 226 g/mol. The third-order valence-corrected chi connectivity index (χ3v) is 5.05. The summed E-state index contributed by atoms with van der Waals surface area (Å²) >= 11 is 0. The van der Waals surface area contributed by atoms with Crippen LogP contribution in [-0.2, 0) is 9.47 Å². The highest BCUT2D eigenvalue weighted by atomic mass is 16.5. The molecule has 0 aromatic rings. The summed E-state index contributed by atoms with van der Waals surface area (Å²) in [6.45, 7) is 13.9. The highest BCUT2D eigenvalue weighted by Crippen LogP contribution is 2.42. The smallest absolute Gasteiger partial charge is 0.0863 e. The molecule has 3 nitrogen and oxygen atoms in total. The van der Waals surface area contributed by atoms with Crippen LogP contribution in [0.1, 0.15) is 53.9 Å². The van der Waals surface area contributed by atoms with E-state index in [4.69, 9.17) is 9.47 Å². The number of morpholine rings is 1. The van der Waals surface area contributed by atoms with Crippen LogP contribution >= 0.6 is 0 Å². The quantitative estimate of drug-likeness (QED) is 0.823. The molecule has 0 aromatic carbocycles. The second kappa shape index (κ2) is 4.77. The van der Waals surface area contributed by atoms with Crippen LogP contribution in [0.4, 0.5) is 0 Å². The Labute approximate surface area is 112 Å². The van der Waals surface area contributed by atoms with Gasteiger partial charge in [0.05, 0.1) is 23.4 Å². The van der Waals surface area contributed by atoms with Gasteiger partial charge in [0.15, 0.2) is 0 Å². The summed E-state index contributed by atoms with van der Waals surface area (Å²) in [5.41, 5.74) is -0.0975. The fourth-order valence-electron chi connectivity index (χ4n) is 3.20. The summed E-state index contributed by atoms with van der Waals surface area (Å²) in [4.78, 5) is 0. The topological polar surface area (TPSA) is 30.5 Å². The minimum absolute atomic E-state index is 0.0187. The molecule has 1 spiro atoms. The molecule has 3 unspecified atom stereocenters. The van der Waals surface area contributed by atoms with Crippen molar-refractivity contribution in [1.82, 2.24) is 5.32 Å². The molecule has 2 heterocycles. The molecule has 1 N–H and O–H groups in total. The molecule has 2 fully saturated rings. The van der Waals surface area contributed by atoms with Crippen LogP contribution in [0, 0.1) is 5.92 Å². The molecule has 3 heteroatoms. The highest BCUT2D eigenvalue weighted by Gasteiger charge is 2.50. The Bertz CT molecular complexity index is 303. The van der Waals surface area contributed by atoms with Gasteiger partial charge in [-0.05, 0) is 26.2 Å². The summed E-state index contributed by atoms with van der Waals surface area (Å²) in [5.74, 6) is 0.526. The van der Waals surface area contributed by atoms with Gasteiger partial charge < -0.3 is 14.8 Å².